The van der Waals surface area contributed by atoms with Crippen LogP contribution in [0.15, 0.2) is 30.0 Å². The van der Waals surface area contributed by atoms with Crippen molar-refractivity contribution >= 4 is 0 Å². The third-order valence-corrected chi connectivity index (χ3v) is 1.76. The number of nitrogens with one attached hydrogen (secondary N) is 1. The van der Waals surface area contributed by atoms with Gasteiger partial charge in [-0.2, -0.15) is 0 Å². The normalized spacial score (nSPS) is 12.3. The van der Waals surface area contributed by atoms with Gasteiger partial charge in [-0.05, 0) is 26.0 Å². The number of hydrazine groups is 1. The van der Waals surface area contributed by atoms with E-state index in [1.807, 2.05) is 19.9 Å². The van der Waals surface area contributed by atoms with Crippen molar-refractivity contribution in [1.82, 2.24) is 10.4 Å². The monoisotopic (exact) mass is 195 g/mol. The number of nitrogens with zero attached hydrogens (tertiary/aromatic N) is 1. The minimum atomic E-state index is -0.374. The first-order chi connectivity index (χ1) is 6.65. The zero-order valence-corrected chi connectivity index (χ0v) is 8.29. The molecule has 0 spiro atoms. The van der Waals surface area contributed by atoms with Crippen LogP contribution in [0.4, 0.5) is 4.39 Å². The van der Waals surface area contributed by atoms with Crippen LogP contribution in [0.3, 0.4) is 0 Å². The van der Waals surface area contributed by atoms with Crippen LogP contribution in [0.2, 0.25) is 0 Å². The SMILES string of the molecule is CC(C)=CC(NN)c1ncccc1F. The van der Waals surface area contributed by atoms with E-state index in [1.165, 1.54) is 6.07 Å². The molecule has 0 saturated heterocycles. The average molecular weight is 195 g/mol. The standard InChI is InChI=1S/C10H14FN3/c1-7(2)6-9(14-12)10-8(11)4-3-5-13-10/h3-6,9,14H,12H2,1-2H3. The number of pyridine rings is 1. The maximum atomic E-state index is 13.3. The van der Waals surface area contributed by atoms with Gasteiger partial charge in [-0.1, -0.05) is 11.6 Å². The molecule has 0 radical (unpaired) electrons. The van der Waals surface area contributed by atoms with Crippen LogP contribution in [-0.4, -0.2) is 4.98 Å². The number of aromatic nitrogens is 1. The summed E-state index contributed by atoms with van der Waals surface area (Å²) in [7, 11) is 0. The molecule has 4 heteroatoms. The number of hydrogen-bond acceptors (Lipinski definition) is 3. The maximum absolute atomic E-state index is 13.3. The lowest BCUT2D eigenvalue weighted by Gasteiger charge is -2.11. The molecule has 1 heterocycles. The molecule has 0 aliphatic heterocycles. The van der Waals surface area contributed by atoms with Crippen LogP contribution in [0.1, 0.15) is 25.6 Å². The summed E-state index contributed by atoms with van der Waals surface area (Å²) in [5.74, 6) is 4.97. The van der Waals surface area contributed by atoms with Gasteiger partial charge in [0, 0.05) is 6.20 Å². The first-order valence-electron chi connectivity index (χ1n) is 4.36. The lowest BCUT2D eigenvalue weighted by molar-refractivity contribution is 0.550. The van der Waals surface area contributed by atoms with Crippen molar-refractivity contribution in [2.24, 2.45) is 5.84 Å². The van der Waals surface area contributed by atoms with Gasteiger partial charge >= 0.3 is 0 Å². The second-order valence-corrected chi connectivity index (χ2v) is 3.26. The van der Waals surface area contributed by atoms with Crippen molar-refractivity contribution in [2.75, 3.05) is 0 Å². The van der Waals surface area contributed by atoms with Gasteiger partial charge < -0.3 is 0 Å². The first kappa shape index (κ1) is 10.8. The number of hydrogen-bond donors (Lipinski definition) is 2. The number of rotatable bonds is 3. The lowest BCUT2D eigenvalue weighted by atomic mass is 10.1. The minimum absolute atomic E-state index is 0.316. The molecule has 1 rings (SSSR count). The van der Waals surface area contributed by atoms with Crippen molar-refractivity contribution in [3.63, 3.8) is 0 Å². The fourth-order valence-corrected chi connectivity index (χ4v) is 1.17. The van der Waals surface area contributed by atoms with Gasteiger partial charge in [-0.3, -0.25) is 10.8 Å². The van der Waals surface area contributed by atoms with E-state index in [0.717, 1.165) is 5.57 Å². The zero-order chi connectivity index (χ0) is 10.6. The van der Waals surface area contributed by atoms with Gasteiger partial charge in [0.15, 0.2) is 0 Å². The number of nitrogens with two attached hydrogens (primary N) is 1. The van der Waals surface area contributed by atoms with Gasteiger partial charge in [0.25, 0.3) is 0 Å². The quantitative estimate of drug-likeness (QED) is 0.438. The summed E-state index contributed by atoms with van der Waals surface area (Å²) in [4.78, 5) is 3.94. The molecule has 0 aliphatic carbocycles. The fourth-order valence-electron chi connectivity index (χ4n) is 1.17. The topological polar surface area (TPSA) is 50.9 Å². The Labute approximate surface area is 82.8 Å². The minimum Gasteiger partial charge on any atom is -0.271 e. The number of allylic oxidation sites excluding steroid dienone is 1. The molecular weight excluding hydrogens is 181 g/mol. The lowest BCUT2D eigenvalue weighted by Crippen LogP contribution is -2.28. The second kappa shape index (κ2) is 4.83. The predicted molar refractivity (Wildman–Crippen MR) is 53.7 cm³/mol. The van der Waals surface area contributed by atoms with Crippen LogP contribution < -0.4 is 11.3 Å². The Hall–Kier alpha value is -1.26. The summed E-state index contributed by atoms with van der Waals surface area (Å²) < 4.78 is 13.3. The van der Waals surface area contributed by atoms with Gasteiger partial charge in [-0.15, -0.1) is 0 Å². The highest BCUT2D eigenvalue weighted by molar-refractivity contribution is 5.18. The molecule has 3 nitrogen and oxygen atoms in total. The summed E-state index contributed by atoms with van der Waals surface area (Å²) in [5.41, 5.74) is 3.88. The van der Waals surface area contributed by atoms with Crippen LogP contribution in [0, 0.1) is 5.82 Å². The average Bonchev–Trinajstić information content (AvgIpc) is 2.15. The molecule has 1 aromatic rings. The maximum Gasteiger partial charge on any atom is 0.146 e. The molecule has 0 aromatic carbocycles. The molecule has 0 bridgehead atoms. The van der Waals surface area contributed by atoms with Gasteiger partial charge in [0.05, 0.1) is 11.7 Å². The van der Waals surface area contributed by atoms with E-state index in [-0.39, 0.29) is 11.9 Å². The smallest absolute Gasteiger partial charge is 0.146 e. The Morgan fingerprint density at radius 2 is 2.36 bits per heavy atom. The van der Waals surface area contributed by atoms with E-state index in [4.69, 9.17) is 5.84 Å². The summed E-state index contributed by atoms with van der Waals surface area (Å²) >= 11 is 0. The summed E-state index contributed by atoms with van der Waals surface area (Å²) in [6.45, 7) is 3.84. The molecular formula is C10H14FN3. The molecule has 3 N–H and O–H groups in total. The van der Waals surface area contributed by atoms with Crippen LogP contribution in [-0.2, 0) is 0 Å². The Morgan fingerprint density at radius 3 is 2.86 bits per heavy atom. The highest BCUT2D eigenvalue weighted by Gasteiger charge is 2.12. The molecule has 1 aromatic heterocycles. The zero-order valence-electron chi connectivity index (χ0n) is 8.29. The van der Waals surface area contributed by atoms with Crippen molar-refractivity contribution in [1.29, 1.82) is 0 Å². The van der Waals surface area contributed by atoms with E-state index in [9.17, 15) is 4.39 Å². The molecule has 0 amide bonds. The van der Waals surface area contributed by atoms with Gasteiger partial charge in [-0.25, -0.2) is 9.82 Å². The number of halogens is 1. The third kappa shape index (κ3) is 2.61. The fraction of sp³-hybridized carbons (Fsp3) is 0.300. The largest absolute Gasteiger partial charge is 0.271 e. The molecule has 0 fully saturated rings. The highest BCUT2D eigenvalue weighted by Crippen LogP contribution is 2.15. The summed E-state index contributed by atoms with van der Waals surface area (Å²) in [6, 6.07) is 2.54. The Bertz CT molecular complexity index is 332. The van der Waals surface area contributed by atoms with Gasteiger partial charge in [0.2, 0.25) is 0 Å². The first-order valence-corrected chi connectivity index (χ1v) is 4.36. The molecule has 0 aliphatic rings. The van der Waals surface area contributed by atoms with E-state index < -0.39 is 0 Å². The Balaban J connectivity index is 3.01. The van der Waals surface area contributed by atoms with Crippen molar-refractivity contribution in [3.05, 3.63) is 41.5 Å². The van der Waals surface area contributed by atoms with E-state index in [1.54, 1.807) is 12.3 Å². The summed E-state index contributed by atoms with van der Waals surface area (Å²) in [5, 5.41) is 0. The molecule has 1 unspecified atom stereocenters. The van der Waals surface area contributed by atoms with E-state index in [0.29, 0.717) is 5.69 Å². The van der Waals surface area contributed by atoms with E-state index >= 15 is 0 Å². The second-order valence-electron chi connectivity index (χ2n) is 3.26. The Kier molecular flexibility index (Phi) is 3.73. The van der Waals surface area contributed by atoms with Gasteiger partial charge in [0.1, 0.15) is 5.82 Å². The third-order valence-electron chi connectivity index (χ3n) is 1.76. The Morgan fingerprint density at radius 1 is 1.64 bits per heavy atom. The molecule has 0 saturated carbocycles. The van der Waals surface area contributed by atoms with Crippen LogP contribution in [0.25, 0.3) is 0 Å². The van der Waals surface area contributed by atoms with Crippen LogP contribution in [0.5, 0.6) is 0 Å². The predicted octanol–water partition coefficient (Wildman–Crippen LogP) is 1.69. The summed E-state index contributed by atoms with van der Waals surface area (Å²) in [6.07, 6.45) is 3.37. The molecule has 76 valence electrons. The van der Waals surface area contributed by atoms with Crippen LogP contribution >= 0.6 is 0 Å². The molecule has 14 heavy (non-hydrogen) atoms. The van der Waals surface area contributed by atoms with Crippen molar-refractivity contribution in [2.45, 2.75) is 19.9 Å². The highest BCUT2D eigenvalue weighted by atomic mass is 19.1. The van der Waals surface area contributed by atoms with Crippen molar-refractivity contribution < 1.29 is 4.39 Å². The van der Waals surface area contributed by atoms with Crippen molar-refractivity contribution in [3.8, 4) is 0 Å². The van der Waals surface area contributed by atoms with E-state index in [2.05, 4.69) is 10.4 Å². The molecule has 1 atom stereocenters.